The number of benzene rings is 2. The number of hydrazone groups is 1. The predicted octanol–water partition coefficient (Wildman–Crippen LogP) is 3.52. The number of anilines is 4. The van der Waals surface area contributed by atoms with Crippen molar-refractivity contribution in [3.63, 3.8) is 0 Å². The van der Waals surface area contributed by atoms with E-state index in [0.29, 0.717) is 0 Å². The lowest BCUT2D eigenvalue weighted by atomic mass is 10.2. The van der Waals surface area contributed by atoms with Gasteiger partial charge in [-0.1, -0.05) is 0 Å². The average molecular weight is 352 g/mol. The molecule has 0 saturated heterocycles. The van der Waals surface area contributed by atoms with Crippen LogP contribution in [0.5, 0.6) is 0 Å². The molecule has 6 nitrogen and oxygen atoms in total. The molecule has 0 amide bonds. The van der Waals surface area contributed by atoms with Gasteiger partial charge >= 0.3 is 0 Å². The molecule has 138 valence electrons. The molecule has 0 saturated carbocycles. The summed E-state index contributed by atoms with van der Waals surface area (Å²) in [6.07, 6.45) is 5.74. The van der Waals surface area contributed by atoms with Gasteiger partial charge in [0.1, 0.15) is 0 Å². The smallest absolute Gasteiger partial charge is 0.0591 e. The number of hydrogen-bond donors (Lipinski definition) is 3. The molecule has 2 aromatic rings. The van der Waals surface area contributed by atoms with E-state index < -0.39 is 0 Å². The molecule has 0 unspecified atom stereocenters. The van der Waals surface area contributed by atoms with Crippen LogP contribution in [0.15, 0.2) is 66.0 Å². The minimum absolute atomic E-state index is 0.741. The molecule has 0 atom stereocenters. The summed E-state index contributed by atoms with van der Waals surface area (Å²) in [6, 6.07) is 16.4. The lowest BCUT2D eigenvalue weighted by Gasteiger charge is -2.15. The number of nitrogens with zero attached hydrogens (tertiary/aromatic N) is 3. The zero-order valence-corrected chi connectivity index (χ0v) is 15.9. The molecule has 0 heterocycles. The lowest BCUT2D eigenvalue weighted by molar-refractivity contribution is 0.525. The monoisotopic (exact) mass is 352 g/mol. The highest BCUT2D eigenvalue weighted by molar-refractivity contribution is 5.66. The van der Waals surface area contributed by atoms with Gasteiger partial charge in [-0.15, -0.1) is 0 Å². The van der Waals surface area contributed by atoms with E-state index in [4.69, 9.17) is 0 Å². The highest BCUT2D eigenvalue weighted by Gasteiger charge is 2.00. The van der Waals surface area contributed by atoms with Crippen LogP contribution < -0.4 is 21.0 Å². The van der Waals surface area contributed by atoms with E-state index >= 15 is 0 Å². The summed E-state index contributed by atoms with van der Waals surface area (Å²) < 4.78 is 0. The minimum Gasteiger partial charge on any atom is -0.393 e. The molecule has 0 aliphatic heterocycles. The Morgan fingerprint density at radius 2 is 1.46 bits per heavy atom. The predicted molar refractivity (Wildman–Crippen MR) is 113 cm³/mol. The largest absolute Gasteiger partial charge is 0.393 e. The molecule has 26 heavy (non-hydrogen) atoms. The van der Waals surface area contributed by atoms with Gasteiger partial charge < -0.3 is 20.9 Å². The first-order valence-corrected chi connectivity index (χ1v) is 8.57. The molecule has 0 aliphatic carbocycles. The van der Waals surface area contributed by atoms with Crippen LogP contribution in [0.3, 0.4) is 0 Å². The van der Waals surface area contributed by atoms with Crippen molar-refractivity contribution in [2.24, 2.45) is 5.10 Å². The van der Waals surface area contributed by atoms with Crippen LogP contribution in [0.1, 0.15) is 0 Å². The van der Waals surface area contributed by atoms with E-state index in [0.717, 1.165) is 29.3 Å². The maximum Gasteiger partial charge on any atom is 0.0591 e. The topological polar surface area (TPSA) is 54.9 Å². The molecule has 2 aromatic carbocycles. The molecule has 0 fully saturated rings. The van der Waals surface area contributed by atoms with Crippen molar-refractivity contribution < 1.29 is 0 Å². The second kappa shape index (κ2) is 9.98. The number of rotatable bonds is 9. The Hall–Kier alpha value is -3.15. The fraction of sp³-hybridized carbons (Fsp3) is 0.250. The molecule has 0 bridgehead atoms. The van der Waals surface area contributed by atoms with Crippen molar-refractivity contribution in [3.8, 4) is 0 Å². The van der Waals surface area contributed by atoms with E-state index in [1.165, 1.54) is 0 Å². The zero-order chi connectivity index (χ0) is 18.8. The second-order valence-electron chi connectivity index (χ2n) is 5.86. The molecule has 2 rings (SSSR count). The molecule has 6 heteroatoms. The zero-order valence-electron chi connectivity index (χ0n) is 15.9. The van der Waals surface area contributed by atoms with Crippen molar-refractivity contribution in [1.82, 2.24) is 10.2 Å². The van der Waals surface area contributed by atoms with Crippen LogP contribution in [-0.4, -0.2) is 45.8 Å². The third-order valence-corrected chi connectivity index (χ3v) is 3.82. The van der Waals surface area contributed by atoms with Gasteiger partial charge in [-0.3, -0.25) is 5.01 Å². The molecular formula is C20H28N6. The van der Waals surface area contributed by atoms with E-state index in [-0.39, 0.29) is 0 Å². The van der Waals surface area contributed by atoms with Gasteiger partial charge in [0.05, 0.1) is 12.2 Å². The normalized spacial score (nSPS) is 10.9. The minimum atomic E-state index is 0.741. The summed E-state index contributed by atoms with van der Waals surface area (Å²) in [5.41, 5.74) is 4.23. The Kier molecular flexibility index (Phi) is 7.36. The molecular weight excluding hydrogens is 324 g/mol. The van der Waals surface area contributed by atoms with Gasteiger partial charge in [-0.05, 0) is 48.5 Å². The van der Waals surface area contributed by atoms with Crippen LogP contribution in [0, 0.1) is 0 Å². The average Bonchev–Trinajstić information content (AvgIpc) is 2.67. The van der Waals surface area contributed by atoms with E-state index in [1.54, 1.807) is 0 Å². The molecule has 0 spiro atoms. The van der Waals surface area contributed by atoms with Crippen LogP contribution in [0.4, 0.5) is 22.7 Å². The number of hydrogen-bond acceptors (Lipinski definition) is 6. The molecule has 0 radical (unpaired) electrons. The fourth-order valence-corrected chi connectivity index (χ4v) is 2.26. The summed E-state index contributed by atoms with van der Waals surface area (Å²) in [4.78, 5) is 2.04. The molecule has 0 aromatic heterocycles. The van der Waals surface area contributed by atoms with Gasteiger partial charge in [0.2, 0.25) is 0 Å². The Morgan fingerprint density at radius 1 is 0.885 bits per heavy atom. The Bertz CT molecular complexity index is 706. The first-order valence-electron chi connectivity index (χ1n) is 8.57. The van der Waals surface area contributed by atoms with E-state index in [9.17, 15) is 0 Å². The highest BCUT2D eigenvalue weighted by Crippen LogP contribution is 2.21. The first-order chi connectivity index (χ1) is 12.6. The summed E-state index contributed by atoms with van der Waals surface area (Å²) in [5.74, 6) is 0. The van der Waals surface area contributed by atoms with Crippen molar-refractivity contribution in [3.05, 3.63) is 60.9 Å². The van der Waals surface area contributed by atoms with E-state index in [1.807, 2.05) is 81.0 Å². The quantitative estimate of drug-likeness (QED) is 0.476. The summed E-state index contributed by atoms with van der Waals surface area (Å²) >= 11 is 0. The lowest BCUT2D eigenvalue weighted by Crippen LogP contribution is -2.17. The van der Waals surface area contributed by atoms with Crippen LogP contribution >= 0.6 is 0 Å². The van der Waals surface area contributed by atoms with Gasteiger partial charge in [0.15, 0.2) is 0 Å². The SMILES string of the molecule is CN/C=C\N(C)C/C=N/N(C)c1ccc(Nc2ccc(NC)cc2)cc1. The van der Waals surface area contributed by atoms with Crippen LogP contribution in [-0.2, 0) is 0 Å². The number of nitrogens with one attached hydrogen (secondary N) is 3. The maximum atomic E-state index is 4.46. The highest BCUT2D eigenvalue weighted by atomic mass is 15.4. The summed E-state index contributed by atoms with van der Waals surface area (Å²) in [5, 5.41) is 15.8. The summed E-state index contributed by atoms with van der Waals surface area (Å²) in [6.45, 7) is 0.741. The second-order valence-corrected chi connectivity index (χ2v) is 5.86. The fourth-order valence-electron chi connectivity index (χ4n) is 2.26. The van der Waals surface area contributed by atoms with Gasteiger partial charge in [0.25, 0.3) is 0 Å². The molecule has 0 aliphatic rings. The van der Waals surface area contributed by atoms with Crippen molar-refractivity contribution in [1.29, 1.82) is 0 Å². The van der Waals surface area contributed by atoms with Crippen LogP contribution in [0.25, 0.3) is 0 Å². The van der Waals surface area contributed by atoms with Gasteiger partial charge in [-0.2, -0.15) is 5.10 Å². The molecule has 3 N–H and O–H groups in total. The first kappa shape index (κ1) is 19.2. The third-order valence-electron chi connectivity index (χ3n) is 3.82. The van der Waals surface area contributed by atoms with Gasteiger partial charge in [0, 0.05) is 63.9 Å². The van der Waals surface area contributed by atoms with Gasteiger partial charge in [-0.25, -0.2) is 0 Å². The standard InChI is InChI=1S/C20H28N6/c1-21-13-15-25(3)16-14-23-26(4)20-11-9-19(10-12-20)24-18-7-5-17(22-2)6-8-18/h5-15,21-22,24H,16H2,1-4H3/b15-13-,23-14+. The van der Waals surface area contributed by atoms with Crippen molar-refractivity contribution >= 4 is 29.0 Å². The Balaban J connectivity index is 1.90. The van der Waals surface area contributed by atoms with Crippen molar-refractivity contribution in [2.45, 2.75) is 0 Å². The van der Waals surface area contributed by atoms with Crippen molar-refractivity contribution in [2.75, 3.05) is 50.4 Å². The van der Waals surface area contributed by atoms with E-state index in [2.05, 4.69) is 45.3 Å². The summed E-state index contributed by atoms with van der Waals surface area (Å²) in [7, 11) is 7.74. The third kappa shape index (κ3) is 6.05. The van der Waals surface area contributed by atoms with Crippen LogP contribution in [0.2, 0.25) is 0 Å². The maximum absolute atomic E-state index is 4.46. The Morgan fingerprint density at radius 3 is 2.04 bits per heavy atom. The Labute approximate surface area is 156 Å².